The fraction of sp³-hybridized carbons (Fsp3) is 0.154. The fourth-order valence-corrected chi connectivity index (χ4v) is 5.71. The minimum atomic E-state index is -0.514. The van der Waals surface area contributed by atoms with Gasteiger partial charge in [0.25, 0.3) is 0 Å². The molecule has 0 heterocycles. The summed E-state index contributed by atoms with van der Waals surface area (Å²) in [5, 5.41) is 2.82. The summed E-state index contributed by atoms with van der Waals surface area (Å²) in [4.78, 5) is 2.28. The zero-order valence-electron chi connectivity index (χ0n) is 17.2. The Hall–Kier alpha value is -0.651. The van der Waals surface area contributed by atoms with Crippen LogP contribution in [0.15, 0.2) is 60.7 Å². The molecule has 3 heteroatoms. The maximum Gasteiger partial charge on any atom is 0.0211 e. The minimum Gasteiger partial charge on any atom is -0.306 e. The van der Waals surface area contributed by atoms with E-state index in [4.69, 9.17) is 0 Å². The predicted octanol–water partition coefficient (Wildman–Crippen LogP) is 4.82. The molecule has 4 rings (SSSR count). The first-order chi connectivity index (χ1) is 13.7. The molecule has 1 nitrogen and oxygen atoms in total. The molecule has 2 aromatic rings. The van der Waals surface area contributed by atoms with E-state index in [9.17, 15) is 0 Å². The summed E-state index contributed by atoms with van der Waals surface area (Å²) in [6, 6.07) is 22.2. The van der Waals surface area contributed by atoms with E-state index in [2.05, 4.69) is 106 Å². The molecule has 2 aliphatic carbocycles. The summed E-state index contributed by atoms with van der Waals surface area (Å²) in [7, 11) is 3.78. The number of rotatable bonds is 5. The number of hydrogen-bond acceptors (Lipinski definition) is 1. The molecule has 10 radical (unpaired) electrons. The van der Waals surface area contributed by atoms with Crippen LogP contribution in [-0.2, 0) is 17.1 Å². The summed E-state index contributed by atoms with van der Waals surface area (Å²) >= 11 is 0. The monoisotopic (exact) mass is 441 g/mol. The molecular formula is C26H28FeNP. The first-order valence-electron chi connectivity index (χ1n) is 9.67. The van der Waals surface area contributed by atoms with Crippen molar-refractivity contribution < 1.29 is 17.1 Å². The van der Waals surface area contributed by atoms with Gasteiger partial charge in [0, 0.05) is 34.7 Å². The van der Waals surface area contributed by atoms with Crippen LogP contribution < -0.4 is 10.6 Å². The molecule has 29 heavy (non-hydrogen) atoms. The second kappa shape index (κ2) is 12.9. The van der Waals surface area contributed by atoms with Crippen molar-refractivity contribution >= 4 is 18.5 Å². The third-order valence-electron chi connectivity index (χ3n) is 4.88. The molecule has 2 aromatic carbocycles. The minimum absolute atomic E-state index is 0. The number of benzene rings is 2. The molecule has 0 N–H and O–H groups in total. The Kier molecular flexibility index (Phi) is 11.0. The maximum absolute atomic E-state index is 2.31. The molecule has 0 spiro atoms. The number of hydrogen-bond donors (Lipinski definition) is 0. The Morgan fingerprint density at radius 1 is 0.655 bits per heavy atom. The molecular weight excluding hydrogens is 413 g/mol. The van der Waals surface area contributed by atoms with Crippen molar-refractivity contribution in [1.82, 2.24) is 4.90 Å². The fourth-order valence-electron chi connectivity index (χ4n) is 3.16. The van der Waals surface area contributed by atoms with Crippen molar-refractivity contribution in [2.75, 3.05) is 14.1 Å². The van der Waals surface area contributed by atoms with Crippen LogP contribution in [0.3, 0.4) is 0 Å². The topological polar surface area (TPSA) is 3.24 Å². The third-order valence-corrected chi connectivity index (χ3v) is 7.39. The van der Waals surface area contributed by atoms with Crippen molar-refractivity contribution in [3.05, 3.63) is 124 Å². The van der Waals surface area contributed by atoms with Crippen LogP contribution in [0, 0.1) is 62.9 Å². The van der Waals surface area contributed by atoms with Gasteiger partial charge in [0.15, 0.2) is 0 Å². The summed E-state index contributed by atoms with van der Waals surface area (Å²) in [5.74, 6) is 1.44. The quantitative estimate of drug-likeness (QED) is 0.475. The van der Waals surface area contributed by atoms with E-state index in [0.717, 1.165) is 0 Å². The van der Waals surface area contributed by atoms with Gasteiger partial charge in [-0.15, -0.1) is 0 Å². The van der Waals surface area contributed by atoms with E-state index in [-0.39, 0.29) is 17.1 Å². The molecule has 0 aliphatic heterocycles. The van der Waals surface area contributed by atoms with Crippen LogP contribution in [0.1, 0.15) is 6.92 Å². The van der Waals surface area contributed by atoms with Crippen LogP contribution in [0.2, 0.25) is 0 Å². The normalized spacial score (nSPS) is 18.4. The SMILES string of the molecule is C[C@@H]([C]1[CH][CH][CH][C]1P(c1ccccc1)c1ccccc1)N(C)C.[CH]1[CH][CH][CH][CH]1.[Fe]. The Balaban J connectivity index is 0.000000437. The average Bonchev–Trinajstić information content (AvgIpc) is 3.45. The molecule has 0 bridgehead atoms. The molecule has 0 aromatic heterocycles. The second-order valence-electron chi connectivity index (χ2n) is 6.97. The Bertz CT molecular complexity index is 625. The predicted molar refractivity (Wildman–Crippen MR) is 123 cm³/mol. The van der Waals surface area contributed by atoms with Gasteiger partial charge in [-0.2, -0.15) is 0 Å². The standard InChI is InChI=1S/C21H23NP.C5H5.Fe/c1-17(22(2)3)20-15-10-16-21(20)23(18-11-6-4-7-12-18)19-13-8-5-9-14-19;1-2-4-5-3-1;/h4-17H,1-3H3;1-5H;/t17-;;/m0../s1. The largest absolute Gasteiger partial charge is 0.306 e. The Morgan fingerprint density at radius 2 is 1.10 bits per heavy atom. The molecule has 2 aliphatic rings. The van der Waals surface area contributed by atoms with Gasteiger partial charge >= 0.3 is 0 Å². The second-order valence-corrected chi connectivity index (χ2v) is 9.16. The summed E-state index contributed by atoms with van der Waals surface area (Å²) < 4.78 is 0. The Morgan fingerprint density at radius 3 is 1.52 bits per heavy atom. The van der Waals surface area contributed by atoms with Crippen molar-refractivity contribution in [2.45, 2.75) is 13.0 Å². The molecule has 0 amide bonds. The first kappa shape index (κ1) is 24.6. The van der Waals surface area contributed by atoms with Crippen LogP contribution in [0.25, 0.3) is 0 Å². The van der Waals surface area contributed by atoms with Gasteiger partial charge in [0.05, 0.1) is 0 Å². The molecule has 0 unspecified atom stereocenters. The van der Waals surface area contributed by atoms with Gasteiger partial charge in [0.2, 0.25) is 0 Å². The zero-order chi connectivity index (χ0) is 19.8. The average molecular weight is 441 g/mol. The van der Waals surface area contributed by atoms with Crippen LogP contribution in [0.4, 0.5) is 0 Å². The number of nitrogens with zero attached hydrogens (tertiary/aromatic N) is 1. The van der Waals surface area contributed by atoms with Crippen molar-refractivity contribution in [2.24, 2.45) is 0 Å². The Labute approximate surface area is 190 Å². The third kappa shape index (κ3) is 6.93. The van der Waals surface area contributed by atoms with Gasteiger partial charge in [-0.25, -0.2) is 0 Å². The van der Waals surface area contributed by atoms with E-state index in [0.29, 0.717) is 6.04 Å². The van der Waals surface area contributed by atoms with E-state index < -0.39 is 7.92 Å². The molecule has 150 valence electrons. The van der Waals surface area contributed by atoms with Gasteiger partial charge in [0.1, 0.15) is 0 Å². The van der Waals surface area contributed by atoms with Crippen molar-refractivity contribution in [1.29, 1.82) is 0 Å². The zero-order valence-corrected chi connectivity index (χ0v) is 19.2. The van der Waals surface area contributed by atoms with Crippen molar-refractivity contribution in [3.8, 4) is 0 Å². The van der Waals surface area contributed by atoms with Gasteiger partial charge in [-0.1, -0.05) is 60.7 Å². The smallest absolute Gasteiger partial charge is 0.0211 e. The molecule has 2 saturated carbocycles. The van der Waals surface area contributed by atoms with Gasteiger partial charge in [-0.3, -0.25) is 0 Å². The summed E-state index contributed by atoms with van der Waals surface area (Å²) in [6.45, 7) is 2.28. The van der Waals surface area contributed by atoms with Crippen LogP contribution in [-0.4, -0.2) is 25.0 Å². The molecule has 2 fully saturated rings. The van der Waals surface area contributed by atoms with Crippen LogP contribution >= 0.6 is 7.92 Å². The van der Waals surface area contributed by atoms with E-state index in [1.807, 2.05) is 32.1 Å². The van der Waals surface area contributed by atoms with Gasteiger partial charge in [-0.05, 0) is 90.9 Å². The maximum atomic E-state index is 2.31. The van der Waals surface area contributed by atoms with E-state index >= 15 is 0 Å². The van der Waals surface area contributed by atoms with Gasteiger partial charge < -0.3 is 4.90 Å². The van der Waals surface area contributed by atoms with E-state index in [1.54, 1.807) is 0 Å². The first-order valence-corrected chi connectivity index (χ1v) is 11.0. The van der Waals surface area contributed by atoms with E-state index in [1.165, 1.54) is 22.2 Å². The summed E-state index contributed by atoms with van der Waals surface area (Å²) in [5.41, 5.74) is 1.47. The van der Waals surface area contributed by atoms with Crippen LogP contribution in [0.5, 0.6) is 0 Å². The molecule has 1 atom stereocenters. The summed E-state index contributed by atoms with van der Waals surface area (Å²) in [6.07, 6.45) is 16.8. The van der Waals surface area contributed by atoms with Crippen molar-refractivity contribution in [3.63, 3.8) is 0 Å². The molecule has 0 saturated heterocycles.